The van der Waals surface area contributed by atoms with Crippen LogP contribution in [-0.4, -0.2) is 43.7 Å². The van der Waals surface area contributed by atoms with Crippen LogP contribution < -0.4 is 0 Å². The number of likely N-dealkylation sites (tertiary alicyclic amines) is 1. The summed E-state index contributed by atoms with van der Waals surface area (Å²) in [4.78, 5) is 15.9. The molecule has 1 aliphatic rings. The summed E-state index contributed by atoms with van der Waals surface area (Å²) in [7, 11) is 0. The van der Waals surface area contributed by atoms with Gasteiger partial charge >= 0.3 is 5.97 Å². The zero-order chi connectivity index (χ0) is 20.4. The fourth-order valence-corrected chi connectivity index (χ4v) is 4.10. The molecule has 4 nitrogen and oxygen atoms in total. The van der Waals surface area contributed by atoms with Crippen LogP contribution in [0.2, 0.25) is 0 Å². The van der Waals surface area contributed by atoms with Gasteiger partial charge in [-0.2, -0.15) is 0 Å². The second kappa shape index (κ2) is 11.1. The van der Waals surface area contributed by atoms with E-state index in [0.717, 1.165) is 37.2 Å². The molecule has 0 spiro atoms. The summed E-state index contributed by atoms with van der Waals surface area (Å²) in [6, 6.07) is 19.3. The Morgan fingerprint density at radius 3 is 1.97 bits per heavy atom. The zero-order valence-corrected chi connectivity index (χ0v) is 17.5. The molecule has 1 saturated heterocycles. The van der Waals surface area contributed by atoms with E-state index in [4.69, 9.17) is 9.47 Å². The average Bonchev–Trinajstić information content (AvgIpc) is 3.05. The molecule has 0 N–H and O–H groups in total. The lowest BCUT2D eigenvalue weighted by Gasteiger charge is -2.32. The van der Waals surface area contributed by atoms with Crippen molar-refractivity contribution in [3.05, 3.63) is 71.8 Å². The highest BCUT2D eigenvalue weighted by atomic mass is 16.6. The molecule has 156 valence electrons. The van der Waals surface area contributed by atoms with Crippen LogP contribution in [0.5, 0.6) is 0 Å². The van der Waals surface area contributed by atoms with Crippen LogP contribution in [-0.2, 0) is 19.9 Å². The molecule has 1 aliphatic heterocycles. The molecule has 4 heteroatoms. The molecule has 0 atom stereocenters. The molecule has 1 fully saturated rings. The van der Waals surface area contributed by atoms with Gasteiger partial charge in [0.2, 0.25) is 5.60 Å². The fraction of sp³-hybridized carbons (Fsp3) is 0.480. The number of hydrogen-bond donors (Lipinski definition) is 0. The number of nitrogens with zero attached hydrogens (tertiary/aromatic N) is 1. The van der Waals surface area contributed by atoms with Crippen molar-refractivity contribution < 1.29 is 14.3 Å². The van der Waals surface area contributed by atoms with E-state index in [0.29, 0.717) is 13.2 Å². The van der Waals surface area contributed by atoms with Crippen molar-refractivity contribution in [1.29, 1.82) is 0 Å². The van der Waals surface area contributed by atoms with E-state index >= 15 is 0 Å². The van der Waals surface area contributed by atoms with Crippen molar-refractivity contribution in [2.75, 3.05) is 32.8 Å². The first-order valence-corrected chi connectivity index (χ1v) is 10.9. The van der Waals surface area contributed by atoms with E-state index in [1.807, 2.05) is 67.6 Å². The van der Waals surface area contributed by atoms with Crippen LogP contribution in [0.4, 0.5) is 0 Å². The van der Waals surface area contributed by atoms with Crippen LogP contribution in [0.25, 0.3) is 0 Å². The van der Waals surface area contributed by atoms with Crippen LogP contribution in [0.1, 0.15) is 50.2 Å². The van der Waals surface area contributed by atoms with E-state index in [2.05, 4.69) is 4.90 Å². The quantitative estimate of drug-likeness (QED) is 0.453. The minimum atomic E-state index is -1.24. The molecular weight excluding hydrogens is 362 g/mol. The number of carbonyl (C=O) groups is 1. The molecule has 3 rings (SSSR count). The van der Waals surface area contributed by atoms with Crippen LogP contribution in [0.3, 0.4) is 0 Å². The molecule has 2 aromatic rings. The van der Waals surface area contributed by atoms with E-state index in [1.165, 1.54) is 25.7 Å². The van der Waals surface area contributed by atoms with Gasteiger partial charge in [-0.1, -0.05) is 73.5 Å². The lowest BCUT2D eigenvalue weighted by Crippen LogP contribution is -2.42. The van der Waals surface area contributed by atoms with Gasteiger partial charge in [-0.3, -0.25) is 0 Å². The molecule has 0 saturated carbocycles. The molecule has 0 unspecified atom stereocenters. The molecule has 0 amide bonds. The Morgan fingerprint density at radius 1 is 0.897 bits per heavy atom. The summed E-state index contributed by atoms with van der Waals surface area (Å²) >= 11 is 0. The number of rotatable bonds is 9. The predicted octanol–water partition coefficient (Wildman–Crippen LogP) is 4.78. The second-order valence-electron chi connectivity index (χ2n) is 7.59. The lowest BCUT2D eigenvalue weighted by molar-refractivity contribution is -0.168. The molecule has 0 aromatic heterocycles. The van der Waals surface area contributed by atoms with Crippen molar-refractivity contribution in [2.24, 2.45) is 0 Å². The van der Waals surface area contributed by atoms with Crippen molar-refractivity contribution in [3.63, 3.8) is 0 Å². The van der Waals surface area contributed by atoms with Gasteiger partial charge in [0.05, 0.1) is 6.61 Å². The second-order valence-corrected chi connectivity index (χ2v) is 7.59. The summed E-state index contributed by atoms with van der Waals surface area (Å²) in [6.07, 6.45) is 6.05. The standard InChI is InChI=1S/C25H33NO3/c1-2-29-25(22-14-7-5-8-15-22,23-16-9-6-10-17-23)24(27)28-21-13-20-26-18-11-3-4-12-19-26/h5-10,14-17H,2-4,11-13,18-21H2,1H3. The van der Waals surface area contributed by atoms with Crippen LogP contribution in [0, 0.1) is 0 Å². The minimum Gasteiger partial charge on any atom is -0.463 e. The van der Waals surface area contributed by atoms with Gasteiger partial charge in [0.15, 0.2) is 0 Å². The average molecular weight is 396 g/mol. The summed E-state index contributed by atoms with van der Waals surface area (Å²) in [5, 5.41) is 0. The third-order valence-corrected chi connectivity index (χ3v) is 5.56. The van der Waals surface area contributed by atoms with Gasteiger partial charge in [0.25, 0.3) is 0 Å². The van der Waals surface area contributed by atoms with Gasteiger partial charge in [-0.05, 0) is 50.4 Å². The topological polar surface area (TPSA) is 38.8 Å². The number of hydrogen-bond acceptors (Lipinski definition) is 4. The first-order chi connectivity index (χ1) is 14.3. The summed E-state index contributed by atoms with van der Waals surface area (Å²) < 4.78 is 11.9. The van der Waals surface area contributed by atoms with Crippen molar-refractivity contribution in [1.82, 2.24) is 4.90 Å². The van der Waals surface area contributed by atoms with Gasteiger partial charge in [0.1, 0.15) is 0 Å². The Bertz CT molecular complexity index is 685. The van der Waals surface area contributed by atoms with E-state index < -0.39 is 5.60 Å². The Morgan fingerprint density at radius 2 is 1.45 bits per heavy atom. The maximum atomic E-state index is 13.4. The maximum Gasteiger partial charge on any atom is 0.347 e. The Hall–Kier alpha value is -2.17. The zero-order valence-electron chi connectivity index (χ0n) is 17.5. The predicted molar refractivity (Wildman–Crippen MR) is 116 cm³/mol. The highest BCUT2D eigenvalue weighted by molar-refractivity contribution is 5.85. The first-order valence-electron chi connectivity index (χ1n) is 10.9. The van der Waals surface area contributed by atoms with Gasteiger partial charge in [0, 0.05) is 13.2 Å². The summed E-state index contributed by atoms with van der Waals surface area (Å²) in [5.41, 5.74) is 0.357. The molecule has 0 radical (unpaired) electrons. The largest absolute Gasteiger partial charge is 0.463 e. The molecule has 2 aromatic carbocycles. The normalized spacial score (nSPS) is 15.6. The maximum absolute atomic E-state index is 13.4. The molecule has 29 heavy (non-hydrogen) atoms. The lowest BCUT2D eigenvalue weighted by atomic mass is 9.86. The highest BCUT2D eigenvalue weighted by Crippen LogP contribution is 2.35. The number of carbonyl (C=O) groups excluding carboxylic acids is 1. The molecule has 0 aliphatic carbocycles. The smallest absolute Gasteiger partial charge is 0.347 e. The molecular formula is C25H33NO3. The van der Waals surface area contributed by atoms with Crippen LogP contribution >= 0.6 is 0 Å². The van der Waals surface area contributed by atoms with Gasteiger partial charge in [-0.25, -0.2) is 4.79 Å². The molecule has 1 heterocycles. The Balaban J connectivity index is 1.72. The Labute approximate surface area is 174 Å². The van der Waals surface area contributed by atoms with E-state index in [1.54, 1.807) is 0 Å². The summed E-state index contributed by atoms with van der Waals surface area (Å²) in [6.45, 7) is 6.02. The number of benzene rings is 2. The van der Waals surface area contributed by atoms with E-state index in [9.17, 15) is 4.79 Å². The van der Waals surface area contributed by atoms with Gasteiger partial charge in [-0.15, -0.1) is 0 Å². The third-order valence-electron chi connectivity index (χ3n) is 5.56. The Kier molecular flexibility index (Phi) is 8.26. The highest BCUT2D eigenvalue weighted by Gasteiger charge is 2.44. The van der Waals surface area contributed by atoms with E-state index in [-0.39, 0.29) is 5.97 Å². The van der Waals surface area contributed by atoms with Crippen molar-refractivity contribution in [3.8, 4) is 0 Å². The van der Waals surface area contributed by atoms with Crippen molar-refractivity contribution in [2.45, 2.75) is 44.6 Å². The third kappa shape index (κ3) is 5.46. The fourth-order valence-electron chi connectivity index (χ4n) is 4.10. The monoisotopic (exact) mass is 395 g/mol. The van der Waals surface area contributed by atoms with Crippen LogP contribution in [0.15, 0.2) is 60.7 Å². The minimum absolute atomic E-state index is 0.340. The molecule has 0 bridgehead atoms. The number of ether oxygens (including phenoxy) is 2. The SMILES string of the molecule is CCOC(C(=O)OCCCN1CCCCCC1)(c1ccccc1)c1ccccc1. The van der Waals surface area contributed by atoms with Crippen molar-refractivity contribution >= 4 is 5.97 Å². The first kappa shape index (κ1) is 21.5. The van der Waals surface area contributed by atoms with Gasteiger partial charge < -0.3 is 14.4 Å². The number of esters is 1. The summed E-state index contributed by atoms with van der Waals surface area (Å²) in [5.74, 6) is -0.340.